The Morgan fingerprint density at radius 1 is 1.13 bits per heavy atom. The van der Waals surface area contributed by atoms with E-state index in [1.807, 2.05) is 23.1 Å². The standard InChI is InChI=1S/C26H35N3O2/c1-25-13-9-21-19(20(25)6-3-17(25)4-8-23(27)30)5-7-22-26(21,2)14-10-24(31)29(22)18-11-15-28-16-12-18/h10-12,14-17,19-22H,3-9,13H2,1-2H3,(H2,27,30)/t17-,19+,20+,21+,22-,25-,26-/m1/s1. The molecular weight excluding hydrogens is 386 g/mol. The number of nitrogens with two attached hydrogens (primary N) is 1. The van der Waals surface area contributed by atoms with Gasteiger partial charge in [-0.1, -0.05) is 19.9 Å². The van der Waals surface area contributed by atoms with Gasteiger partial charge in [0.05, 0.1) is 0 Å². The maximum absolute atomic E-state index is 12.9. The van der Waals surface area contributed by atoms with Crippen LogP contribution in [0.1, 0.15) is 65.2 Å². The van der Waals surface area contributed by atoms with Gasteiger partial charge in [-0.2, -0.15) is 0 Å². The molecular formula is C26H35N3O2. The minimum Gasteiger partial charge on any atom is -0.370 e. The van der Waals surface area contributed by atoms with Crippen molar-refractivity contribution in [2.45, 2.75) is 71.3 Å². The minimum absolute atomic E-state index is 0.00668. The molecule has 0 saturated heterocycles. The number of anilines is 1. The van der Waals surface area contributed by atoms with Crippen LogP contribution in [0.3, 0.4) is 0 Å². The summed E-state index contributed by atoms with van der Waals surface area (Å²) < 4.78 is 0. The maximum atomic E-state index is 12.9. The maximum Gasteiger partial charge on any atom is 0.250 e. The summed E-state index contributed by atoms with van der Waals surface area (Å²) in [5.41, 5.74) is 6.77. The van der Waals surface area contributed by atoms with E-state index in [2.05, 4.69) is 24.9 Å². The molecule has 0 unspecified atom stereocenters. The van der Waals surface area contributed by atoms with Crippen LogP contribution < -0.4 is 10.6 Å². The first kappa shape index (κ1) is 20.7. The summed E-state index contributed by atoms with van der Waals surface area (Å²) in [6.07, 6.45) is 16.3. The quantitative estimate of drug-likeness (QED) is 0.779. The molecule has 0 spiro atoms. The van der Waals surface area contributed by atoms with Gasteiger partial charge in [-0.3, -0.25) is 14.6 Å². The molecule has 1 aliphatic heterocycles. The largest absolute Gasteiger partial charge is 0.370 e. The molecule has 5 heteroatoms. The average molecular weight is 422 g/mol. The van der Waals surface area contributed by atoms with Crippen LogP contribution in [0.4, 0.5) is 5.69 Å². The molecule has 3 fully saturated rings. The topological polar surface area (TPSA) is 76.3 Å². The third kappa shape index (κ3) is 3.15. The first-order valence-electron chi connectivity index (χ1n) is 12.1. The van der Waals surface area contributed by atoms with E-state index in [0.29, 0.717) is 29.6 Å². The van der Waals surface area contributed by atoms with Gasteiger partial charge in [0.15, 0.2) is 0 Å². The third-order valence-corrected chi connectivity index (χ3v) is 9.74. The number of aromatic nitrogens is 1. The Morgan fingerprint density at radius 2 is 1.90 bits per heavy atom. The van der Waals surface area contributed by atoms with Gasteiger partial charge in [-0.15, -0.1) is 0 Å². The monoisotopic (exact) mass is 421 g/mol. The highest BCUT2D eigenvalue weighted by Crippen LogP contribution is 2.66. The van der Waals surface area contributed by atoms with Crippen LogP contribution >= 0.6 is 0 Å². The van der Waals surface area contributed by atoms with Crippen LogP contribution in [0, 0.1) is 34.5 Å². The number of hydrogen-bond acceptors (Lipinski definition) is 3. The summed E-state index contributed by atoms with van der Waals surface area (Å²) in [6, 6.07) is 4.13. The Labute approximate surface area is 185 Å². The predicted molar refractivity (Wildman–Crippen MR) is 121 cm³/mol. The van der Waals surface area contributed by atoms with E-state index in [1.165, 1.54) is 32.1 Å². The normalized spacial score (nSPS) is 41.4. The summed E-state index contributed by atoms with van der Waals surface area (Å²) in [6.45, 7) is 4.89. The van der Waals surface area contributed by atoms with E-state index >= 15 is 0 Å². The second kappa shape index (κ2) is 7.46. The molecule has 0 aromatic carbocycles. The summed E-state index contributed by atoms with van der Waals surface area (Å²) in [7, 11) is 0. The number of primary amides is 1. The van der Waals surface area contributed by atoms with Gasteiger partial charge < -0.3 is 10.6 Å². The fourth-order valence-electron chi connectivity index (χ4n) is 8.21. The van der Waals surface area contributed by atoms with Crippen LogP contribution in [0.2, 0.25) is 0 Å². The number of pyridine rings is 1. The Morgan fingerprint density at radius 3 is 2.65 bits per heavy atom. The zero-order valence-electron chi connectivity index (χ0n) is 18.8. The lowest BCUT2D eigenvalue weighted by Crippen LogP contribution is -2.60. The Hall–Kier alpha value is -2.17. The number of nitrogens with zero attached hydrogens (tertiary/aromatic N) is 2. The molecule has 4 aliphatic rings. The lowest BCUT2D eigenvalue weighted by Gasteiger charge is -2.60. The van der Waals surface area contributed by atoms with Crippen molar-refractivity contribution in [2.75, 3.05) is 4.90 Å². The zero-order valence-corrected chi connectivity index (χ0v) is 18.8. The summed E-state index contributed by atoms with van der Waals surface area (Å²) in [5.74, 6) is 2.58. The molecule has 2 amide bonds. The molecule has 31 heavy (non-hydrogen) atoms. The molecule has 0 bridgehead atoms. The summed E-state index contributed by atoms with van der Waals surface area (Å²) in [4.78, 5) is 30.5. The Balaban J connectivity index is 1.43. The van der Waals surface area contributed by atoms with Gasteiger partial charge >= 0.3 is 0 Å². The van der Waals surface area contributed by atoms with Crippen molar-refractivity contribution in [3.8, 4) is 0 Å². The molecule has 1 aromatic heterocycles. The van der Waals surface area contributed by atoms with E-state index in [-0.39, 0.29) is 23.3 Å². The summed E-state index contributed by atoms with van der Waals surface area (Å²) >= 11 is 0. The lowest BCUT2D eigenvalue weighted by molar-refractivity contribution is -0.120. The fourth-order valence-corrected chi connectivity index (χ4v) is 8.21. The summed E-state index contributed by atoms with van der Waals surface area (Å²) in [5, 5.41) is 0. The molecule has 0 radical (unpaired) electrons. The molecule has 3 aliphatic carbocycles. The lowest BCUT2D eigenvalue weighted by atomic mass is 9.47. The molecule has 1 aromatic rings. The van der Waals surface area contributed by atoms with Gasteiger partial charge in [-0.25, -0.2) is 0 Å². The minimum atomic E-state index is -0.165. The Kier molecular flexibility index (Phi) is 4.98. The van der Waals surface area contributed by atoms with Crippen LogP contribution in [0.5, 0.6) is 0 Å². The van der Waals surface area contributed by atoms with Crippen molar-refractivity contribution in [1.29, 1.82) is 0 Å². The third-order valence-electron chi connectivity index (χ3n) is 9.74. The zero-order chi connectivity index (χ0) is 21.8. The molecule has 2 N–H and O–H groups in total. The van der Waals surface area contributed by atoms with E-state index in [1.54, 1.807) is 12.4 Å². The van der Waals surface area contributed by atoms with E-state index in [4.69, 9.17) is 5.73 Å². The van der Waals surface area contributed by atoms with Gasteiger partial charge in [0.1, 0.15) is 0 Å². The van der Waals surface area contributed by atoms with Crippen LogP contribution in [-0.4, -0.2) is 22.8 Å². The SMILES string of the molecule is C[C@]12C=CC(=O)N(c3ccncc3)[C@@H]1CC[C@@H]1[C@@H]2CC[C@]2(C)[C@@H](CCC(N)=O)CC[C@@H]12. The van der Waals surface area contributed by atoms with Gasteiger partial charge in [0, 0.05) is 42.0 Å². The Bertz CT molecular complexity index is 899. The van der Waals surface area contributed by atoms with Crippen molar-refractivity contribution >= 4 is 17.5 Å². The van der Waals surface area contributed by atoms with Crippen molar-refractivity contribution in [1.82, 2.24) is 4.98 Å². The second-order valence-corrected chi connectivity index (χ2v) is 10.9. The molecule has 5 rings (SSSR count). The highest BCUT2D eigenvalue weighted by Gasteiger charge is 2.60. The van der Waals surface area contributed by atoms with E-state index in [0.717, 1.165) is 24.4 Å². The fraction of sp³-hybridized carbons (Fsp3) is 0.654. The van der Waals surface area contributed by atoms with Crippen LogP contribution in [0.25, 0.3) is 0 Å². The number of hydrogen-bond donors (Lipinski definition) is 1. The number of carbonyl (C=O) groups is 2. The number of amides is 2. The smallest absolute Gasteiger partial charge is 0.250 e. The number of rotatable bonds is 4. The predicted octanol–water partition coefficient (Wildman–Crippen LogP) is 4.48. The first-order chi connectivity index (χ1) is 14.8. The van der Waals surface area contributed by atoms with Crippen LogP contribution in [0.15, 0.2) is 36.7 Å². The van der Waals surface area contributed by atoms with E-state index < -0.39 is 0 Å². The van der Waals surface area contributed by atoms with Crippen molar-refractivity contribution in [3.05, 3.63) is 36.7 Å². The van der Waals surface area contributed by atoms with Gasteiger partial charge in [0.2, 0.25) is 5.91 Å². The van der Waals surface area contributed by atoms with Crippen molar-refractivity contribution in [2.24, 2.45) is 40.2 Å². The number of fused-ring (bicyclic) bond motifs is 5. The molecule has 5 nitrogen and oxygen atoms in total. The first-order valence-corrected chi connectivity index (χ1v) is 12.1. The van der Waals surface area contributed by atoms with Crippen LogP contribution in [-0.2, 0) is 9.59 Å². The van der Waals surface area contributed by atoms with Gasteiger partial charge in [0.25, 0.3) is 5.91 Å². The molecule has 3 saturated carbocycles. The van der Waals surface area contributed by atoms with Gasteiger partial charge in [-0.05, 0) is 86.2 Å². The van der Waals surface area contributed by atoms with E-state index in [9.17, 15) is 9.59 Å². The van der Waals surface area contributed by atoms with Crippen molar-refractivity contribution < 1.29 is 9.59 Å². The highest BCUT2D eigenvalue weighted by molar-refractivity contribution is 6.03. The molecule has 7 atom stereocenters. The highest BCUT2D eigenvalue weighted by atomic mass is 16.2. The number of carbonyl (C=O) groups excluding carboxylic acids is 2. The molecule has 2 heterocycles. The molecule has 166 valence electrons. The average Bonchev–Trinajstić information content (AvgIpc) is 3.09. The van der Waals surface area contributed by atoms with Crippen molar-refractivity contribution in [3.63, 3.8) is 0 Å². The second-order valence-electron chi connectivity index (χ2n) is 10.9.